The number of aromatic nitrogens is 2. The third kappa shape index (κ3) is 4.74. The number of hydrogen-bond acceptors (Lipinski definition) is 4. The van der Waals surface area contributed by atoms with Crippen LogP contribution in [0.2, 0.25) is 0 Å². The van der Waals surface area contributed by atoms with Crippen LogP contribution in [-0.4, -0.2) is 51.1 Å². The summed E-state index contributed by atoms with van der Waals surface area (Å²) in [6.45, 7) is 6.31. The minimum atomic E-state index is -1.01. The zero-order valence-electron chi connectivity index (χ0n) is 15.8. The van der Waals surface area contributed by atoms with Gasteiger partial charge in [-0.25, -0.2) is 9.78 Å². The number of aromatic carboxylic acids is 1. The highest BCUT2D eigenvalue weighted by atomic mass is 16.4. The van der Waals surface area contributed by atoms with Crippen molar-refractivity contribution in [3.05, 3.63) is 48.0 Å². The lowest BCUT2D eigenvalue weighted by molar-refractivity contribution is -0.117. The first-order valence-corrected chi connectivity index (χ1v) is 9.32. The number of carbonyl (C=O) groups is 2. The topological polar surface area (TPSA) is 87.5 Å². The maximum atomic E-state index is 12.3. The molecule has 1 aromatic carbocycles. The largest absolute Gasteiger partial charge is 0.478 e. The standard InChI is InChI=1S/C20H26N4O3/c1-14(2)24-11-8-21-19(24)15-6-9-23(10-7-15)13-18(25)22-17-5-3-4-16(12-17)20(26)27/h3-5,8,11-12,14-15H,6-7,9-10,13H2,1-2H3,(H,22,25)(H,26,27). The van der Waals surface area contributed by atoms with Gasteiger partial charge >= 0.3 is 5.97 Å². The van der Waals surface area contributed by atoms with E-state index in [-0.39, 0.29) is 11.5 Å². The molecule has 0 aliphatic carbocycles. The fourth-order valence-corrected chi connectivity index (χ4v) is 3.56. The number of imidazole rings is 1. The van der Waals surface area contributed by atoms with E-state index in [1.54, 1.807) is 12.1 Å². The average Bonchev–Trinajstić information content (AvgIpc) is 3.12. The number of nitrogens with zero attached hydrogens (tertiary/aromatic N) is 3. The van der Waals surface area contributed by atoms with Gasteiger partial charge in [-0.3, -0.25) is 9.69 Å². The first-order chi connectivity index (χ1) is 12.9. The van der Waals surface area contributed by atoms with Crippen molar-refractivity contribution in [1.29, 1.82) is 0 Å². The van der Waals surface area contributed by atoms with E-state index in [2.05, 4.69) is 33.6 Å². The lowest BCUT2D eigenvalue weighted by Crippen LogP contribution is -2.39. The lowest BCUT2D eigenvalue weighted by atomic mass is 9.95. The van der Waals surface area contributed by atoms with Gasteiger partial charge in [-0.1, -0.05) is 6.07 Å². The Morgan fingerprint density at radius 2 is 2.04 bits per heavy atom. The van der Waals surface area contributed by atoms with E-state index in [0.29, 0.717) is 24.2 Å². The molecule has 2 N–H and O–H groups in total. The third-order valence-electron chi connectivity index (χ3n) is 4.97. The molecule has 7 heteroatoms. The molecule has 1 saturated heterocycles. The number of anilines is 1. The molecular weight excluding hydrogens is 344 g/mol. The van der Waals surface area contributed by atoms with Crippen molar-refractivity contribution in [1.82, 2.24) is 14.5 Å². The Bertz CT molecular complexity index is 807. The Morgan fingerprint density at radius 3 is 2.70 bits per heavy atom. The SMILES string of the molecule is CC(C)n1ccnc1C1CCN(CC(=O)Nc2cccc(C(=O)O)c2)CC1. The molecule has 7 nitrogen and oxygen atoms in total. The molecule has 144 valence electrons. The van der Waals surface area contributed by atoms with Crippen LogP contribution in [0, 0.1) is 0 Å². The fourth-order valence-electron chi connectivity index (χ4n) is 3.56. The maximum absolute atomic E-state index is 12.3. The zero-order valence-corrected chi connectivity index (χ0v) is 15.8. The van der Waals surface area contributed by atoms with E-state index in [1.807, 2.05) is 12.4 Å². The van der Waals surface area contributed by atoms with E-state index >= 15 is 0 Å². The summed E-state index contributed by atoms with van der Waals surface area (Å²) in [7, 11) is 0. The highest BCUT2D eigenvalue weighted by Gasteiger charge is 2.25. The molecule has 0 unspecified atom stereocenters. The molecule has 1 fully saturated rings. The number of nitrogens with one attached hydrogen (secondary N) is 1. The van der Waals surface area contributed by atoms with E-state index in [0.717, 1.165) is 31.8 Å². The van der Waals surface area contributed by atoms with Crippen molar-refractivity contribution in [2.75, 3.05) is 25.0 Å². The van der Waals surface area contributed by atoms with Crippen LogP contribution in [0.15, 0.2) is 36.7 Å². The Kier molecular flexibility index (Phi) is 5.91. The van der Waals surface area contributed by atoms with E-state index < -0.39 is 5.97 Å². The highest BCUT2D eigenvalue weighted by molar-refractivity contribution is 5.94. The second-order valence-corrected chi connectivity index (χ2v) is 7.27. The summed E-state index contributed by atoms with van der Waals surface area (Å²) in [5, 5.41) is 11.8. The van der Waals surface area contributed by atoms with Crippen molar-refractivity contribution < 1.29 is 14.7 Å². The van der Waals surface area contributed by atoms with Crippen molar-refractivity contribution in [3.63, 3.8) is 0 Å². The van der Waals surface area contributed by atoms with Crippen molar-refractivity contribution in [3.8, 4) is 0 Å². The third-order valence-corrected chi connectivity index (χ3v) is 4.97. The normalized spacial score (nSPS) is 15.8. The van der Waals surface area contributed by atoms with E-state index in [1.165, 1.54) is 12.1 Å². The van der Waals surface area contributed by atoms with Gasteiger partial charge in [0, 0.05) is 30.0 Å². The Labute approximate surface area is 159 Å². The molecule has 0 spiro atoms. The first kappa shape index (κ1) is 19.1. The van der Waals surface area contributed by atoms with Crippen LogP contribution >= 0.6 is 0 Å². The Morgan fingerprint density at radius 1 is 1.30 bits per heavy atom. The van der Waals surface area contributed by atoms with Gasteiger partial charge in [-0.05, 0) is 58.0 Å². The van der Waals surface area contributed by atoms with Crippen molar-refractivity contribution >= 4 is 17.6 Å². The summed E-state index contributed by atoms with van der Waals surface area (Å²) in [6, 6.07) is 6.69. The molecule has 1 aromatic heterocycles. The number of carbonyl (C=O) groups excluding carboxylic acids is 1. The van der Waals surface area contributed by atoms with Gasteiger partial charge in [0.25, 0.3) is 0 Å². The average molecular weight is 370 g/mol. The molecular formula is C20H26N4O3. The van der Waals surface area contributed by atoms with Gasteiger partial charge in [0.05, 0.1) is 12.1 Å². The second-order valence-electron chi connectivity index (χ2n) is 7.27. The Balaban J connectivity index is 1.52. The minimum absolute atomic E-state index is 0.125. The summed E-state index contributed by atoms with van der Waals surface area (Å²) in [5.41, 5.74) is 0.669. The van der Waals surface area contributed by atoms with E-state index in [4.69, 9.17) is 5.11 Å². The van der Waals surface area contributed by atoms with Crippen LogP contribution < -0.4 is 5.32 Å². The molecule has 2 aromatic rings. The molecule has 1 aliphatic rings. The van der Waals surface area contributed by atoms with Gasteiger partial charge < -0.3 is 15.0 Å². The second kappa shape index (κ2) is 8.35. The molecule has 0 atom stereocenters. The smallest absolute Gasteiger partial charge is 0.335 e. The first-order valence-electron chi connectivity index (χ1n) is 9.32. The predicted molar refractivity (Wildman–Crippen MR) is 103 cm³/mol. The van der Waals surface area contributed by atoms with Gasteiger partial charge in [0.2, 0.25) is 5.91 Å². The van der Waals surface area contributed by atoms with Crippen LogP contribution in [0.5, 0.6) is 0 Å². The number of likely N-dealkylation sites (tertiary alicyclic amines) is 1. The molecule has 1 aliphatic heterocycles. The van der Waals surface area contributed by atoms with Crippen LogP contribution in [0.4, 0.5) is 5.69 Å². The summed E-state index contributed by atoms with van der Waals surface area (Å²) < 4.78 is 2.22. The maximum Gasteiger partial charge on any atom is 0.335 e. The van der Waals surface area contributed by atoms with Crippen LogP contribution in [-0.2, 0) is 4.79 Å². The Hall–Kier alpha value is -2.67. The zero-order chi connectivity index (χ0) is 19.4. The minimum Gasteiger partial charge on any atom is -0.478 e. The van der Waals surface area contributed by atoms with Crippen LogP contribution in [0.25, 0.3) is 0 Å². The van der Waals surface area contributed by atoms with E-state index in [9.17, 15) is 9.59 Å². The molecule has 0 radical (unpaired) electrons. The number of rotatable bonds is 6. The van der Waals surface area contributed by atoms with Gasteiger partial charge in [0.1, 0.15) is 5.82 Å². The van der Waals surface area contributed by atoms with Crippen LogP contribution in [0.1, 0.15) is 54.8 Å². The predicted octanol–water partition coefficient (Wildman–Crippen LogP) is 2.98. The number of hydrogen-bond donors (Lipinski definition) is 2. The van der Waals surface area contributed by atoms with Crippen LogP contribution in [0.3, 0.4) is 0 Å². The number of amides is 1. The number of benzene rings is 1. The fraction of sp³-hybridized carbons (Fsp3) is 0.450. The lowest BCUT2D eigenvalue weighted by Gasteiger charge is -2.31. The summed E-state index contributed by atoms with van der Waals surface area (Å²) in [6.07, 6.45) is 5.85. The number of piperidine rings is 1. The number of carboxylic acid groups (broad SMARTS) is 1. The molecule has 0 bridgehead atoms. The summed E-state index contributed by atoms with van der Waals surface area (Å²) in [5.74, 6) is 0.432. The quantitative estimate of drug-likeness (QED) is 0.816. The van der Waals surface area contributed by atoms with Crippen molar-refractivity contribution in [2.24, 2.45) is 0 Å². The van der Waals surface area contributed by atoms with Gasteiger partial charge in [-0.15, -0.1) is 0 Å². The molecule has 2 heterocycles. The molecule has 3 rings (SSSR count). The van der Waals surface area contributed by atoms with Gasteiger partial charge in [0.15, 0.2) is 0 Å². The molecule has 0 saturated carbocycles. The monoisotopic (exact) mass is 370 g/mol. The number of carboxylic acids is 1. The van der Waals surface area contributed by atoms with Crippen molar-refractivity contribution in [2.45, 2.75) is 38.6 Å². The molecule has 27 heavy (non-hydrogen) atoms. The summed E-state index contributed by atoms with van der Waals surface area (Å²) >= 11 is 0. The summed E-state index contributed by atoms with van der Waals surface area (Å²) in [4.78, 5) is 30.0. The highest BCUT2D eigenvalue weighted by Crippen LogP contribution is 2.28. The van der Waals surface area contributed by atoms with Gasteiger partial charge in [-0.2, -0.15) is 0 Å². The molecule has 1 amide bonds.